The van der Waals surface area contributed by atoms with Crippen LogP contribution in [0, 0.1) is 0 Å². The summed E-state index contributed by atoms with van der Waals surface area (Å²) in [5.74, 6) is 0.469. The smallest absolute Gasteiger partial charge is 0.128 e. The van der Waals surface area contributed by atoms with E-state index in [1.54, 1.807) is 10.9 Å². The number of hydrogen-bond donors (Lipinski definition) is 2. The van der Waals surface area contributed by atoms with Crippen molar-refractivity contribution in [2.24, 2.45) is 7.05 Å². The van der Waals surface area contributed by atoms with Crippen molar-refractivity contribution in [1.82, 2.24) is 20.1 Å². The Bertz CT molecular complexity index is 537. The van der Waals surface area contributed by atoms with Crippen LogP contribution in [0.25, 0.3) is 0 Å². The minimum absolute atomic E-state index is 0.0950. The summed E-state index contributed by atoms with van der Waals surface area (Å²) < 4.78 is 1.76. The first-order valence-electron chi connectivity index (χ1n) is 5.75. The fourth-order valence-electron chi connectivity index (χ4n) is 1.86. The van der Waals surface area contributed by atoms with Gasteiger partial charge in [-0.1, -0.05) is 18.5 Å². The van der Waals surface area contributed by atoms with Crippen molar-refractivity contribution in [2.75, 3.05) is 12.3 Å². The van der Waals surface area contributed by atoms with Crippen molar-refractivity contribution in [3.8, 4) is 0 Å². The van der Waals surface area contributed by atoms with Gasteiger partial charge in [0.15, 0.2) is 0 Å². The van der Waals surface area contributed by atoms with E-state index in [1.807, 2.05) is 32.3 Å². The second kappa shape index (κ2) is 5.37. The molecule has 0 radical (unpaired) electrons. The Kier molecular flexibility index (Phi) is 3.84. The zero-order valence-corrected chi connectivity index (χ0v) is 11.1. The molecule has 1 unspecified atom stereocenters. The summed E-state index contributed by atoms with van der Waals surface area (Å²) in [6.07, 6.45) is 3.44. The van der Waals surface area contributed by atoms with E-state index in [9.17, 15) is 0 Å². The first-order valence-corrected chi connectivity index (χ1v) is 6.13. The van der Waals surface area contributed by atoms with Gasteiger partial charge in [0.05, 0.1) is 16.8 Å². The number of anilines is 1. The van der Waals surface area contributed by atoms with Crippen molar-refractivity contribution < 1.29 is 0 Å². The van der Waals surface area contributed by atoms with E-state index in [0.29, 0.717) is 10.8 Å². The lowest BCUT2D eigenvalue weighted by Crippen LogP contribution is -2.24. The monoisotopic (exact) mass is 265 g/mol. The molecule has 2 rings (SSSR count). The molecule has 2 aromatic heterocycles. The first kappa shape index (κ1) is 12.9. The van der Waals surface area contributed by atoms with Crippen LogP contribution in [0.1, 0.15) is 24.2 Å². The molecule has 3 N–H and O–H groups in total. The number of nitrogens with two attached hydrogens (primary N) is 1. The molecule has 0 aliphatic rings. The molecule has 6 heteroatoms. The molecule has 0 bridgehead atoms. The maximum absolute atomic E-state index is 5.98. The highest BCUT2D eigenvalue weighted by Crippen LogP contribution is 2.26. The van der Waals surface area contributed by atoms with Gasteiger partial charge in [-0.2, -0.15) is 5.10 Å². The highest BCUT2D eigenvalue weighted by atomic mass is 35.5. The number of aromatic nitrogens is 3. The molecule has 0 saturated heterocycles. The Morgan fingerprint density at radius 3 is 2.94 bits per heavy atom. The SMILES string of the molecule is CCNC(c1ccn(C)n1)c1cc(Cl)cnc1N. The van der Waals surface area contributed by atoms with E-state index in [4.69, 9.17) is 17.3 Å². The summed E-state index contributed by atoms with van der Waals surface area (Å²) in [7, 11) is 1.88. The van der Waals surface area contributed by atoms with E-state index < -0.39 is 0 Å². The minimum atomic E-state index is -0.0950. The predicted octanol–water partition coefficient (Wildman–Crippen LogP) is 1.75. The normalized spacial score (nSPS) is 12.6. The number of nitrogen functional groups attached to an aromatic ring is 1. The third kappa shape index (κ3) is 2.63. The summed E-state index contributed by atoms with van der Waals surface area (Å²) in [6, 6.07) is 3.68. The number of hydrogen-bond acceptors (Lipinski definition) is 4. The van der Waals surface area contributed by atoms with Gasteiger partial charge in [-0.15, -0.1) is 0 Å². The van der Waals surface area contributed by atoms with Crippen molar-refractivity contribution >= 4 is 17.4 Å². The Morgan fingerprint density at radius 1 is 1.56 bits per heavy atom. The largest absolute Gasteiger partial charge is 0.383 e. The number of pyridine rings is 1. The molecular formula is C12H16ClN5. The highest BCUT2D eigenvalue weighted by Gasteiger charge is 2.19. The number of halogens is 1. The highest BCUT2D eigenvalue weighted by molar-refractivity contribution is 6.30. The number of nitrogens with zero attached hydrogens (tertiary/aromatic N) is 3. The van der Waals surface area contributed by atoms with Crippen molar-refractivity contribution in [2.45, 2.75) is 13.0 Å². The predicted molar refractivity (Wildman–Crippen MR) is 72.4 cm³/mol. The van der Waals surface area contributed by atoms with Crippen LogP contribution >= 0.6 is 11.6 Å². The minimum Gasteiger partial charge on any atom is -0.383 e. The van der Waals surface area contributed by atoms with Crippen LogP contribution in [0.15, 0.2) is 24.5 Å². The average Bonchev–Trinajstić information content (AvgIpc) is 2.76. The van der Waals surface area contributed by atoms with Crippen LogP contribution in [0.4, 0.5) is 5.82 Å². The summed E-state index contributed by atoms with van der Waals surface area (Å²) >= 11 is 5.98. The lowest BCUT2D eigenvalue weighted by atomic mass is 10.0. The van der Waals surface area contributed by atoms with Gasteiger partial charge in [-0.25, -0.2) is 4.98 Å². The van der Waals surface area contributed by atoms with E-state index >= 15 is 0 Å². The molecule has 2 heterocycles. The zero-order chi connectivity index (χ0) is 13.1. The first-order chi connectivity index (χ1) is 8.61. The summed E-state index contributed by atoms with van der Waals surface area (Å²) in [5.41, 5.74) is 7.67. The van der Waals surface area contributed by atoms with Gasteiger partial charge in [-0.3, -0.25) is 4.68 Å². The lowest BCUT2D eigenvalue weighted by Gasteiger charge is -2.17. The van der Waals surface area contributed by atoms with Gasteiger partial charge in [0.2, 0.25) is 0 Å². The Balaban J connectivity index is 2.44. The molecule has 0 aliphatic heterocycles. The van der Waals surface area contributed by atoms with Crippen molar-refractivity contribution in [1.29, 1.82) is 0 Å². The van der Waals surface area contributed by atoms with Crippen LogP contribution < -0.4 is 11.1 Å². The Morgan fingerprint density at radius 2 is 2.33 bits per heavy atom. The van der Waals surface area contributed by atoms with E-state index in [2.05, 4.69) is 15.4 Å². The van der Waals surface area contributed by atoms with E-state index in [-0.39, 0.29) is 6.04 Å². The summed E-state index contributed by atoms with van der Waals surface area (Å²) in [5, 5.41) is 8.31. The van der Waals surface area contributed by atoms with Crippen molar-refractivity contribution in [3.05, 3.63) is 40.8 Å². The van der Waals surface area contributed by atoms with Gasteiger partial charge in [-0.05, 0) is 18.7 Å². The molecule has 0 spiro atoms. The number of rotatable bonds is 4. The molecule has 18 heavy (non-hydrogen) atoms. The topological polar surface area (TPSA) is 68.8 Å². The van der Waals surface area contributed by atoms with Gasteiger partial charge >= 0.3 is 0 Å². The van der Waals surface area contributed by atoms with E-state index in [1.165, 1.54) is 0 Å². The van der Waals surface area contributed by atoms with Gasteiger partial charge < -0.3 is 11.1 Å². The molecule has 96 valence electrons. The second-order valence-electron chi connectivity index (χ2n) is 4.03. The maximum Gasteiger partial charge on any atom is 0.128 e. The van der Waals surface area contributed by atoms with Gasteiger partial charge in [0, 0.05) is 25.0 Å². The molecule has 0 amide bonds. The Labute approximate surface area is 111 Å². The standard InChI is InChI=1S/C12H16ClN5/c1-3-15-11(10-4-5-18(2)17-10)9-6-8(13)7-16-12(9)14/h4-7,11,15H,3H2,1-2H3,(H2,14,16). The molecule has 5 nitrogen and oxygen atoms in total. The quantitative estimate of drug-likeness (QED) is 0.884. The van der Waals surface area contributed by atoms with Gasteiger partial charge in [0.1, 0.15) is 5.82 Å². The van der Waals surface area contributed by atoms with Crippen LogP contribution in [0.5, 0.6) is 0 Å². The number of aryl methyl sites for hydroxylation is 1. The molecular weight excluding hydrogens is 250 g/mol. The van der Waals surface area contributed by atoms with Crippen molar-refractivity contribution in [3.63, 3.8) is 0 Å². The Hall–Kier alpha value is -1.59. The van der Waals surface area contributed by atoms with Crippen LogP contribution in [0.3, 0.4) is 0 Å². The second-order valence-corrected chi connectivity index (χ2v) is 4.47. The van der Waals surface area contributed by atoms with Crippen LogP contribution in [0.2, 0.25) is 5.02 Å². The van der Waals surface area contributed by atoms with Gasteiger partial charge in [0.25, 0.3) is 0 Å². The number of nitrogens with one attached hydrogen (secondary N) is 1. The molecule has 0 fully saturated rings. The average molecular weight is 266 g/mol. The maximum atomic E-state index is 5.98. The lowest BCUT2D eigenvalue weighted by molar-refractivity contribution is 0.600. The fourth-order valence-corrected chi connectivity index (χ4v) is 2.03. The molecule has 0 aromatic carbocycles. The summed E-state index contributed by atoms with van der Waals surface area (Å²) in [6.45, 7) is 2.83. The zero-order valence-electron chi connectivity index (χ0n) is 10.4. The third-order valence-electron chi connectivity index (χ3n) is 2.67. The summed E-state index contributed by atoms with van der Waals surface area (Å²) in [4.78, 5) is 4.09. The van der Waals surface area contributed by atoms with E-state index in [0.717, 1.165) is 17.8 Å². The third-order valence-corrected chi connectivity index (χ3v) is 2.87. The molecule has 1 atom stereocenters. The fraction of sp³-hybridized carbons (Fsp3) is 0.333. The van der Waals surface area contributed by atoms with Crippen LogP contribution in [-0.2, 0) is 7.05 Å². The molecule has 0 saturated carbocycles. The molecule has 2 aromatic rings. The van der Waals surface area contributed by atoms with Crippen LogP contribution in [-0.4, -0.2) is 21.3 Å². The molecule has 0 aliphatic carbocycles.